The molecule has 1 aromatic heterocycles. The van der Waals surface area contributed by atoms with Gasteiger partial charge in [-0.15, -0.1) is 11.3 Å². The van der Waals surface area contributed by atoms with Gasteiger partial charge in [-0.1, -0.05) is 25.4 Å². The zero-order chi connectivity index (χ0) is 14.0. The molecule has 0 aromatic carbocycles. The van der Waals surface area contributed by atoms with E-state index >= 15 is 0 Å². The molecule has 106 valence electrons. The minimum atomic E-state index is -0.0636. The van der Waals surface area contributed by atoms with E-state index in [0.29, 0.717) is 22.5 Å². The quantitative estimate of drug-likeness (QED) is 0.900. The van der Waals surface area contributed by atoms with Gasteiger partial charge in [-0.25, -0.2) is 0 Å². The first-order valence-corrected chi connectivity index (χ1v) is 7.93. The number of aryl methyl sites for hydroxylation is 1. The molecule has 5 heteroatoms. The van der Waals surface area contributed by atoms with Crippen molar-refractivity contribution in [1.29, 1.82) is 0 Å². The Kier molecular flexibility index (Phi) is 4.54. The highest BCUT2D eigenvalue weighted by Crippen LogP contribution is 2.30. The van der Waals surface area contributed by atoms with Gasteiger partial charge in [0.1, 0.15) is 4.88 Å². The Morgan fingerprint density at radius 3 is 2.95 bits per heavy atom. The average molecular weight is 301 g/mol. The second-order valence-electron chi connectivity index (χ2n) is 5.87. The number of rotatable bonds is 3. The predicted octanol–water partition coefficient (Wildman–Crippen LogP) is 3.22. The SMILES string of the molecule is Cc1csc(C(=O)NCC2NCCCC2(C)C)c1Cl. The molecular formula is C14H21ClN2OS. The maximum atomic E-state index is 12.1. The second kappa shape index (κ2) is 5.81. The first-order chi connectivity index (χ1) is 8.92. The molecule has 0 saturated carbocycles. The van der Waals surface area contributed by atoms with E-state index in [2.05, 4.69) is 24.5 Å². The molecule has 3 nitrogen and oxygen atoms in total. The van der Waals surface area contributed by atoms with Gasteiger partial charge >= 0.3 is 0 Å². The zero-order valence-corrected chi connectivity index (χ0v) is 13.3. The van der Waals surface area contributed by atoms with Crippen LogP contribution in [0.15, 0.2) is 5.38 Å². The van der Waals surface area contributed by atoms with E-state index in [4.69, 9.17) is 11.6 Å². The molecule has 1 aromatic rings. The zero-order valence-electron chi connectivity index (χ0n) is 11.7. The Morgan fingerprint density at radius 2 is 2.37 bits per heavy atom. The Hall–Kier alpha value is -0.580. The highest BCUT2D eigenvalue weighted by Gasteiger charge is 2.32. The summed E-state index contributed by atoms with van der Waals surface area (Å²) >= 11 is 7.52. The van der Waals surface area contributed by atoms with Crippen molar-refractivity contribution < 1.29 is 4.79 Å². The van der Waals surface area contributed by atoms with Crippen LogP contribution in [0.25, 0.3) is 0 Å². The lowest BCUT2D eigenvalue weighted by molar-refractivity contribution is 0.0933. The number of carbonyl (C=O) groups is 1. The lowest BCUT2D eigenvalue weighted by Crippen LogP contribution is -2.52. The summed E-state index contributed by atoms with van der Waals surface area (Å²) in [6.07, 6.45) is 2.40. The van der Waals surface area contributed by atoms with Crippen molar-refractivity contribution in [2.24, 2.45) is 5.41 Å². The Morgan fingerprint density at radius 1 is 1.63 bits per heavy atom. The van der Waals surface area contributed by atoms with Crippen LogP contribution in [0.1, 0.15) is 41.9 Å². The minimum Gasteiger partial charge on any atom is -0.350 e. The fourth-order valence-corrected chi connectivity index (χ4v) is 3.67. The number of hydrogen-bond acceptors (Lipinski definition) is 3. The van der Waals surface area contributed by atoms with Crippen molar-refractivity contribution in [3.63, 3.8) is 0 Å². The van der Waals surface area contributed by atoms with Crippen molar-refractivity contribution in [1.82, 2.24) is 10.6 Å². The molecular weight excluding hydrogens is 280 g/mol. The van der Waals surface area contributed by atoms with Gasteiger partial charge in [0.15, 0.2) is 0 Å². The Labute approximate surface area is 123 Å². The number of halogens is 1. The molecule has 1 saturated heterocycles. The number of nitrogens with one attached hydrogen (secondary N) is 2. The highest BCUT2D eigenvalue weighted by molar-refractivity contribution is 7.13. The van der Waals surface area contributed by atoms with Gasteiger partial charge in [0.25, 0.3) is 5.91 Å². The maximum absolute atomic E-state index is 12.1. The van der Waals surface area contributed by atoms with Crippen molar-refractivity contribution in [2.75, 3.05) is 13.1 Å². The molecule has 0 aliphatic carbocycles. The lowest BCUT2D eigenvalue weighted by atomic mass is 9.77. The molecule has 2 N–H and O–H groups in total. The van der Waals surface area contributed by atoms with Crippen LogP contribution >= 0.6 is 22.9 Å². The van der Waals surface area contributed by atoms with Crippen LogP contribution in [-0.2, 0) is 0 Å². The number of thiophene rings is 1. The molecule has 1 atom stereocenters. The fourth-order valence-electron chi connectivity index (χ4n) is 2.48. The summed E-state index contributed by atoms with van der Waals surface area (Å²) < 4.78 is 0. The third-order valence-electron chi connectivity index (χ3n) is 3.90. The molecule has 0 spiro atoms. The molecule has 1 aliphatic heterocycles. The van der Waals surface area contributed by atoms with Gasteiger partial charge in [-0.05, 0) is 42.7 Å². The van der Waals surface area contributed by atoms with E-state index in [1.54, 1.807) is 0 Å². The van der Waals surface area contributed by atoms with Gasteiger partial charge in [-0.3, -0.25) is 4.79 Å². The second-order valence-corrected chi connectivity index (χ2v) is 7.13. The Balaban J connectivity index is 1.95. The number of amides is 1. The van der Waals surface area contributed by atoms with E-state index < -0.39 is 0 Å². The molecule has 19 heavy (non-hydrogen) atoms. The van der Waals surface area contributed by atoms with E-state index in [1.807, 2.05) is 12.3 Å². The van der Waals surface area contributed by atoms with Crippen molar-refractivity contribution in [3.05, 3.63) is 20.8 Å². The fraction of sp³-hybridized carbons (Fsp3) is 0.643. The third kappa shape index (κ3) is 3.30. The average Bonchev–Trinajstić information content (AvgIpc) is 2.68. The summed E-state index contributed by atoms with van der Waals surface area (Å²) in [5.74, 6) is -0.0636. The standard InChI is InChI=1S/C14H21ClN2OS/c1-9-8-19-12(11(9)15)13(18)17-7-10-14(2,3)5-4-6-16-10/h8,10,16H,4-7H2,1-3H3,(H,17,18). The first kappa shape index (κ1) is 14.8. The van der Waals surface area contributed by atoms with Crippen molar-refractivity contribution in [3.8, 4) is 0 Å². The summed E-state index contributed by atoms with van der Waals surface area (Å²) in [4.78, 5) is 12.7. The van der Waals surface area contributed by atoms with Gasteiger partial charge in [0.2, 0.25) is 0 Å². The molecule has 1 fully saturated rings. The van der Waals surface area contributed by atoms with Crippen LogP contribution in [0.4, 0.5) is 0 Å². The van der Waals surface area contributed by atoms with Crippen LogP contribution in [0.5, 0.6) is 0 Å². The third-order valence-corrected chi connectivity index (χ3v) is 5.60. The van der Waals surface area contributed by atoms with Gasteiger partial charge in [0, 0.05) is 12.6 Å². The summed E-state index contributed by atoms with van der Waals surface area (Å²) in [6.45, 7) is 8.10. The van der Waals surface area contributed by atoms with Crippen LogP contribution < -0.4 is 10.6 Å². The van der Waals surface area contributed by atoms with Crippen molar-refractivity contribution >= 4 is 28.8 Å². The molecule has 0 bridgehead atoms. The largest absolute Gasteiger partial charge is 0.350 e. The van der Waals surface area contributed by atoms with Crippen molar-refractivity contribution in [2.45, 2.75) is 39.7 Å². The molecule has 2 rings (SSSR count). The topological polar surface area (TPSA) is 41.1 Å². The maximum Gasteiger partial charge on any atom is 0.262 e. The van der Waals surface area contributed by atoms with Crippen LogP contribution in [0.2, 0.25) is 5.02 Å². The van der Waals surface area contributed by atoms with E-state index in [9.17, 15) is 4.79 Å². The molecule has 1 unspecified atom stereocenters. The summed E-state index contributed by atoms with van der Waals surface area (Å²) in [6, 6.07) is 0.324. The van der Waals surface area contributed by atoms with Crippen LogP contribution in [0.3, 0.4) is 0 Å². The van der Waals surface area contributed by atoms with Gasteiger partial charge < -0.3 is 10.6 Å². The monoisotopic (exact) mass is 300 g/mol. The summed E-state index contributed by atoms with van der Waals surface area (Å²) in [5, 5.41) is 8.99. The molecule has 2 heterocycles. The van der Waals surface area contributed by atoms with E-state index in [-0.39, 0.29) is 11.3 Å². The smallest absolute Gasteiger partial charge is 0.262 e. The van der Waals surface area contributed by atoms with Crippen LogP contribution in [0, 0.1) is 12.3 Å². The lowest BCUT2D eigenvalue weighted by Gasteiger charge is -2.39. The first-order valence-electron chi connectivity index (χ1n) is 6.67. The van der Waals surface area contributed by atoms with Gasteiger partial charge in [0.05, 0.1) is 5.02 Å². The minimum absolute atomic E-state index is 0.0636. The predicted molar refractivity (Wildman–Crippen MR) is 81.2 cm³/mol. The van der Waals surface area contributed by atoms with E-state index in [0.717, 1.165) is 12.1 Å². The van der Waals surface area contributed by atoms with Gasteiger partial charge in [-0.2, -0.15) is 0 Å². The van der Waals surface area contributed by atoms with Crippen LogP contribution in [-0.4, -0.2) is 25.0 Å². The molecule has 1 aliphatic rings. The summed E-state index contributed by atoms with van der Waals surface area (Å²) in [7, 11) is 0. The Bertz CT molecular complexity index is 470. The number of piperidine rings is 1. The number of carbonyl (C=O) groups excluding carboxylic acids is 1. The highest BCUT2D eigenvalue weighted by atomic mass is 35.5. The molecule has 1 amide bonds. The molecule has 0 radical (unpaired) electrons. The number of hydrogen-bond donors (Lipinski definition) is 2. The van der Waals surface area contributed by atoms with E-state index in [1.165, 1.54) is 24.2 Å². The summed E-state index contributed by atoms with van der Waals surface area (Å²) in [5.41, 5.74) is 1.19. The normalized spacial score (nSPS) is 22.2.